The summed E-state index contributed by atoms with van der Waals surface area (Å²) in [4.78, 5) is 0. The van der Waals surface area contributed by atoms with Crippen LogP contribution in [-0.4, -0.2) is 131 Å². The molecule has 3 aliphatic heterocycles. The number of methoxy groups -OCH3 is 1. The molecule has 242 valence electrons. The van der Waals surface area contributed by atoms with Crippen LogP contribution in [0.5, 0.6) is 34.5 Å². The Hall–Kier alpha value is -3.58. The Bertz CT molecular complexity index is 1360. The molecule has 16 nitrogen and oxygen atoms in total. The zero-order valence-electron chi connectivity index (χ0n) is 23.4. The number of aromatic hydroxyl groups is 5. The molecule has 2 fully saturated rings. The maximum absolute atomic E-state index is 10.8. The first-order chi connectivity index (χ1) is 20.8. The Balaban J connectivity index is 1.42. The number of ether oxygens (including phenoxy) is 6. The molecule has 2 aromatic rings. The molecule has 16 heteroatoms. The molecule has 1 unspecified atom stereocenters. The number of phenols is 4. The Morgan fingerprint density at radius 3 is 2.05 bits per heavy atom. The van der Waals surface area contributed by atoms with Gasteiger partial charge in [-0.05, 0) is 19.1 Å². The van der Waals surface area contributed by atoms with Crippen LogP contribution in [0.4, 0.5) is 0 Å². The lowest BCUT2D eigenvalue weighted by molar-refractivity contribution is -0.325. The van der Waals surface area contributed by atoms with Gasteiger partial charge in [0.1, 0.15) is 59.8 Å². The van der Waals surface area contributed by atoms with E-state index in [2.05, 4.69) is 4.74 Å². The predicted molar refractivity (Wildman–Crippen MR) is 145 cm³/mol. The van der Waals surface area contributed by atoms with Crippen LogP contribution in [0.3, 0.4) is 0 Å². The van der Waals surface area contributed by atoms with E-state index in [9.17, 15) is 51.1 Å². The number of benzene rings is 2. The molecule has 0 bridgehead atoms. The molecule has 5 rings (SSSR count). The molecule has 3 heterocycles. The smallest absolute Gasteiger partial charge is 0.270 e. The molecular formula is C28H35O16+. The lowest BCUT2D eigenvalue weighted by Crippen LogP contribution is -2.61. The molecule has 0 spiro atoms. The number of fused-ring (bicyclic) bond motifs is 1. The summed E-state index contributed by atoms with van der Waals surface area (Å²) in [5.74, 6) is -1.74. The first kappa shape index (κ1) is 31.8. The number of rotatable bonds is 7. The summed E-state index contributed by atoms with van der Waals surface area (Å²) in [6.45, 7) is 0.920. The van der Waals surface area contributed by atoms with Crippen LogP contribution in [0, 0.1) is 0 Å². The average molecular weight is 628 g/mol. The van der Waals surface area contributed by atoms with E-state index >= 15 is 0 Å². The largest absolute Gasteiger partial charge is 0.571 e. The maximum atomic E-state index is 10.8. The fraction of sp³-hybridized carbons (Fsp3) is 0.500. The topological polar surface area (TPSA) is 261 Å². The molecule has 2 aromatic carbocycles. The summed E-state index contributed by atoms with van der Waals surface area (Å²) in [5, 5.41) is 103. The van der Waals surface area contributed by atoms with Gasteiger partial charge in [-0.25, -0.2) is 0 Å². The monoisotopic (exact) mass is 627 g/mol. The van der Waals surface area contributed by atoms with Crippen molar-refractivity contribution in [2.24, 2.45) is 0 Å². The van der Waals surface area contributed by atoms with Gasteiger partial charge >= 0.3 is 0 Å². The molecule has 11 atom stereocenters. The highest BCUT2D eigenvalue weighted by Gasteiger charge is 2.48. The second-order valence-electron chi connectivity index (χ2n) is 10.7. The Kier molecular flexibility index (Phi) is 8.99. The van der Waals surface area contributed by atoms with Gasteiger partial charge in [0, 0.05) is 12.1 Å². The van der Waals surface area contributed by atoms with Crippen molar-refractivity contribution in [3.05, 3.63) is 41.2 Å². The van der Waals surface area contributed by atoms with Gasteiger partial charge < -0.3 is 79.5 Å². The summed E-state index contributed by atoms with van der Waals surface area (Å²) >= 11 is 0. The van der Waals surface area contributed by atoms with Crippen molar-refractivity contribution in [2.75, 3.05) is 13.7 Å². The third-order valence-electron chi connectivity index (χ3n) is 7.69. The minimum Gasteiger partial charge on any atom is -0.571 e. The van der Waals surface area contributed by atoms with Gasteiger partial charge in [0.05, 0.1) is 31.5 Å². The molecule has 0 radical (unpaired) electrons. The van der Waals surface area contributed by atoms with E-state index < -0.39 is 85.6 Å². The average Bonchev–Trinajstić information content (AvgIpc) is 2.97. The second kappa shape index (κ2) is 12.4. The molecule has 0 saturated carbocycles. The van der Waals surface area contributed by atoms with Crippen molar-refractivity contribution in [3.63, 3.8) is 0 Å². The second-order valence-corrected chi connectivity index (χ2v) is 10.7. The van der Waals surface area contributed by atoms with Crippen molar-refractivity contribution in [1.29, 1.82) is 0 Å². The Morgan fingerprint density at radius 1 is 0.750 bits per heavy atom. The number of hydrogen-bond acceptors (Lipinski definition) is 15. The molecule has 2 saturated heterocycles. The molecule has 3 aliphatic rings. The molecule has 44 heavy (non-hydrogen) atoms. The fourth-order valence-electron chi connectivity index (χ4n) is 5.24. The van der Waals surface area contributed by atoms with Crippen molar-refractivity contribution in [3.8, 4) is 34.5 Å². The standard InChI is InChI=1S/C28H34O16/c1-9-19(33)21(35)23(37)27(41-9)40-8-18-20(34)22(36)24(38)28(44-18)43-17-7-12-13(30)5-11(29)6-16(12)42-25(17)10-3-14(31)26(39-2)15(32)4-10/h3-7,9,18-25,27-38H,8H2,1-2H3/p+1/t9-,18+,19-,20+,21+,22-,23+,24+,25?,27+,28+/m0/s1. The highest BCUT2D eigenvalue weighted by Crippen LogP contribution is 2.48. The van der Waals surface area contributed by atoms with E-state index in [4.69, 9.17) is 23.7 Å². The predicted octanol–water partition coefficient (Wildman–Crippen LogP) is -1.48. The summed E-state index contributed by atoms with van der Waals surface area (Å²) < 4.78 is 32.0. The van der Waals surface area contributed by atoms with Gasteiger partial charge in [-0.1, -0.05) is 0 Å². The zero-order valence-corrected chi connectivity index (χ0v) is 23.4. The Morgan fingerprint density at radius 2 is 1.39 bits per heavy atom. The van der Waals surface area contributed by atoms with Crippen molar-refractivity contribution >= 4 is 6.08 Å². The maximum Gasteiger partial charge on any atom is 0.270 e. The summed E-state index contributed by atoms with van der Waals surface area (Å²) in [6, 6.07) is 4.78. The summed E-state index contributed by atoms with van der Waals surface area (Å²) in [6.07, 6.45) is -15.2. The van der Waals surface area contributed by atoms with Gasteiger partial charge in [0.2, 0.25) is 12.0 Å². The van der Waals surface area contributed by atoms with Crippen LogP contribution in [0.15, 0.2) is 30.0 Å². The van der Waals surface area contributed by atoms with E-state index in [1.54, 1.807) is 0 Å². The minimum absolute atomic E-state index is 0.105. The first-order valence-corrected chi connectivity index (χ1v) is 13.6. The van der Waals surface area contributed by atoms with Crippen LogP contribution in [0.25, 0.3) is 6.08 Å². The van der Waals surface area contributed by atoms with Crippen LogP contribution in [-0.2, 0) is 18.9 Å². The SMILES string of the molecule is COc1c(O)cc(C2[OH+]c3cc(O)cc(O)c3C=C2O[C@@H]2O[C@H](CO[C@@H]3O[C@@H](C)[C@H](O)[C@@H](O)[C@H]3O)[C@@H](O)[C@H](O)[C@H]2O)cc1O. The lowest BCUT2D eigenvalue weighted by Gasteiger charge is -2.42. The van der Waals surface area contributed by atoms with Crippen LogP contribution in [0.1, 0.15) is 24.2 Å². The van der Waals surface area contributed by atoms with E-state index in [0.29, 0.717) is 0 Å². The Labute approximate surface area is 249 Å². The van der Waals surface area contributed by atoms with E-state index in [1.807, 2.05) is 0 Å². The van der Waals surface area contributed by atoms with Gasteiger partial charge in [-0.2, -0.15) is 0 Å². The van der Waals surface area contributed by atoms with Crippen molar-refractivity contribution in [1.82, 2.24) is 0 Å². The molecule has 0 aliphatic carbocycles. The quantitative estimate of drug-likeness (QED) is 0.157. The van der Waals surface area contributed by atoms with Crippen molar-refractivity contribution < 1.29 is 79.5 Å². The molecule has 0 amide bonds. The molecule has 11 N–H and O–H groups in total. The number of aliphatic hydroxyl groups is 7. The van der Waals surface area contributed by atoms with E-state index in [0.717, 1.165) is 6.07 Å². The lowest BCUT2D eigenvalue weighted by atomic mass is 9.98. The number of hydrogen-bond donors (Lipinski definition) is 10. The van der Waals surface area contributed by atoms with E-state index in [-0.39, 0.29) is 39.9 Å². The highest BCUT2D eigenvalue weighted by molar-refractivity contribution is 5.69. The van der Waals surface area contributed by atoms with Gasteiger partial charge in [-0.3, -0.25) is 0 Å². The number of aliphatic hydroxyl groups excluding tert-OH is 6. The van der Waals surface area contributed by atoms with Gasteiger partial charge in [0.15, 0.2) is 23.5 Å². The van der Waals surface area contributed by atoms with Gasteiger partial charge in [-0.15, -0.1) is 0 Å². The summed E-state index contributed by atoms with van der Waals surface area (Å²) in [7, 11) is 1.24. The summed E-state index contributed by atoms with van der Waals surface area (Å²) in [5.41, 5.74) is 0.268. The van der Waals surface area contributed by atoms with Crippen molar-refractivity contribution in [2.45, 2.75) is 74.4 Å². The number of phenolic OH excluding ortho intramolecular Hbond substituents is 4. The highest BCUT2D eigenvalue weighted by atomic mass is 16.7. The van der Waals surface area contributed by atoms with E-state index in [1.165, 1.54) is 38.3 Å². The van der Waals surface area contributed by atoms with Gasteiger partial charge in [0.25, 0.3) is 11.9 Å². The fourth-order valence-corrected chi connectivity index (χ4v) is 5.24. The molecular weight excluding hydrogens is 592 g/mol. The zero-order chi connectivity index (χ0) is 32.0. The van der Waals surface area contributed by atoms with Crippen LogP contribution < -0.4 is 4.74 Å². The van der Waals surface area contributed by atoms with Crippen LogP contribution >= 0.6 is 0 Å². The first-order valence-electron chi connectivity index (χ1n) is 13.6. The third-order valence-corrected chi connectivity index (χ3v) is 7.69. The molecule has 0 aromatic heterocycles. The third kappa shape index (κ3) is 5.91. The normalized spacial score (nSPS) is 35.3. The minimum atomic E-state index is -1.83. The van der Waals surface area contributed by atoms with Crippen LogP contribution in [0.2, 0.25) is 0 Å².